The van der Waals surface area contributed by atoms with E-state index in [9.17, 15) is 0 Å². The van der Waals surface area contributed by atoms with Crippen LogP contribution in [0.15, 0.2) is 49.0 Å². The molecule has 0 N–H and O–H groups in total. The van der Waals surface area contributed by atoms with Crippen molar-refractivity contribution in [2.45, 2.75) is 65.5 Å². The number of aryl methyl sites for hydroxylation is 1. The molecule has 0 spiro atoms. The van der Waals surface area contributed by atoms with Gasteiger partial charge in [0.05, 0.1) is 0 Å². The Bertz CT molecular complexity index is 943. The third-order valence-corrected chi connectivity index (χ3v) is 10.7. The van der Waals surface area contributed by atoms with Gasteiger partial charge in [-0.15, -0.1) is 5.54 Å². The average Bonchev–Trinajstić information content (AvgIpc) is 2.59. The Hall–Kier alpha value is -2.03. The van der Waals surface area contributed by atoms with Crippen molar-refractivity contribution in [1.82, 2.24) is 0 Å². The van der Waals surface area contributed by atoms with Crippen molar-refractivity contribution in [2.24, 2.45) is 0 Å². The minimum absolute atomic E-state index is 0.131. The molecule has 0 aliphatic rings. The first-order valence-corrected chi connectivity index (χ1v) is 16.7. The van der Waals surface area contributed by atoms with E-state index < -0.39 is 16.4 Å². The lowest BCUT2D eigenvalue weighted by atomic mass is 9.96. The molecule has 0 saturated carbocycles. The molecule has 2 rings (SSSR count). The lowest BCUT2D eigenvalue weighted by molar-refractivity contribution is 0.491. The van der Waals surface area contributed by atoms with Crippen molar-refractivity contribution >= 4 is 22.0 Å². The third-order valence-electron chi connectivity index (χ3n) is 5.46. The highest BCUT2D eigenvalue weighted by atomic mass is 28.4. The summed E-state index contributed by atoms with van der Waals surface area (Å²) in [7, 11) is -3.41. The van der Waals surface area contributed by atoms with Crippen LogP contribution >= 0.6 is 0 Å². The Morgan fingerprint density at radius 1 is 0.931 bits per heavy atom. The summed E-state index contributed by atoms with van der Waals surface area (Å²) in [6.45, 7) is 24.7. The molecule has 0 fully saturated rings. The van der Waals surface area contributed by atoms with Crippen LogP contribution in [0.5, 0.6) is 5.75 Å². The van der Waals surface area contributed by atoms with E-state index in [2.05, 4.69) is 121 Å². The molecule has 3 heteroatoms. The molecular weight excluding hydrogens is 384 g/mol. The highest BCUT2D eigenvalue weighted by molar-refractivity contribution is 6.83. The minimum atomic E-state index is -1.97. The van der Waals surface area contributed by atoms with Crippen LogP contribution in [-0.2, 0) is 0 Å². The minimum Gasteiger partial charge on any atom is -0.543 e. The number of rotatable bonds is 4. The van der Waals surface area contributed by atoms with Gasteiger partial charge in [0.2, 0.25) is 0 Å². The van der Waals surface area contributed by atoms with Crippen molar-refractivity contribution in [3.63, 3.8) is 0 Å². The molecular formula is C26H36OSi2. The highest BCUT2D eigenvalue weighted by Gasteiger charge is 2.39. The lowest BCUT2D eigenvalue weighted by Crippen LogP contribution is -2.44. The lowest BCUT2D eigenvalue weighted by Gasteiger charge is -2.37. The van der Waals surface area contributed by atoms with Gasteiger partial charge in [-0.3, -0.25) is 0 Å². The fourth-order valence-corrected chi connectivity index (χ4v) is 4.08. The monoisotopic (exact) mass is 420 g/mol. The second-order valence-electron chi connectivity index (χ2n) is 10.4. The number of benzene rings is 2. The fourth-order valence-electron chi connectivity index (χ4n) is 2.53. The normalized spacial score (nSPS) is 12.2. The number of hydrogen-bond donors (Lipinski definition) is 0. The molecule has 0 bridgehead atoms. The quantitative estimate of drug-likeness (QED) is 0.364. The molecule has 154 valence electrons. The maximum absolute atomic E-state index is 6.70. The third kappa shape index (κ3) is 6.22. The van der Waals surface area contributed by atoms with E-state index in [0.29, 0.717) is 0 Å². The second kappa shape index (κ2) is 8.38. The van der Waals surface area contributed by atoms with E-state index in [1.807, 2.05) is 0 Å². The summed E-state index contributed by atoms with van der Waals surface area (Å²) in [6, 6.07) is 14.8. The molecule has 0 unspecified atom stereocenters. The highest BCUT2D eigenvalue weighted by Crippen LogP contribution is 2.40. The molecule has 0 aromatic heterocycles. The molecule has 0 amide bonds. The van der Waals surface area contributed by atoms with Crippen LogP contribution in [0.3, 0.4) is 0 Å². The van der Waals surface area contributed by atoms with Crippen LogP contribution in [-0.4, -0.2) is 16.4 Å². The van der Waals surface area contributed by atoms with Crippen LogP contribution in [0, 0.1) is 18.4 Å². The van der Waals surface area contributed by atoms with E-state index >= 15 is 0 Å². The Morgan fingerprint density at radius 2 is 1.52 bits per heavy atom. The van der Waals surface area contributed by atoms with E-state index in [1.165, 1.54) is 5.56 Å². The summed E-state index contributed by atoms with van der Waals surface area (Å²) in [6.07, 6.45) is 0. The van der Waals surface area contributed by atoms with Crippen molar-refractivity contribution in [3.8, 4) is 17.2 Å². The van der Waals surface area contributed by atoms with Gasteiger partial charge in [0.1, 0.15) is 13.8 Å². The zero-order chi connectivity index (χ0) is 22.0. The topological polar surface area (TPSA) is 9.23 Å². The van der Waals surface area contributed by atoms with E-state index in [1.54, 1.807) is 0 Å². The predicted octanol–water partition coefficient (Wildman–Crippen LogP) is 7.67. The second-order valence-corrected chi connectivity index (χ2v) is 19.9. The smallest absolute Gasteiger partial charge is 0.250 e. The van der Waals surface area contributed by atoms with Gasteiger partial charge in [-0.1, -0.05) is 82.7 Å². The van der Waals surface area contributed by atoms with Gasteiger partial charge in [-0.05, 0) is 54.4 Å². The van der Waals surface area contributed by atoms with Crippen molar-refractivity contribution in [1.29, 1.82) is 0 Å². The van der Waals surface area contributed by atoms with Crippen molar-refractivity contribution < 1.29 is 4.43 Å². The molecule has 29 heavy (non-hydrogen) atoms. The molecule has 2 aromatic carbocycles. The van der Waals surface area contributed by atoms with Crippen LogP contribution in [0.1, 0.15) is 43.0 Å². The maximum atomic E-state index is 6.70. The Balaban J connectivity index is 2.56. The molecule has 0 saturated heterocycles. The predicted molar refractivity (Wildman–Crippen MR) is 134 cm³/mol. The summed E-state index contributed by atoms with van der Waals surface area (Å²) in [5.74, 6) is 4.30. The van der Waals surface area contributed by atoms with E-state index in [-0.39, 0.29) is 5.04 Å². The largest absolute Gasteiger partial charge is 0.543 e. The zero-order valence-corrected chi connectivity index (χ0v) is 21.7. The van der Waals surface area contributed by atoms with Crippen LogP contribution in [0.4, 0.5) is 0 Å². The SMILES string of the molecule is C=C(c1ccc(C)cc1)c1cc(C#C[Si](C)(C)C)ccc1O[Si](C)(C)C(C)(C)C. The molecule has 0 aliphatic heterocycles. The summed E-state index contributed by atoms with van der Waals surface area (Å²) >= 11 is 0. The summed E-state index contributed by atoms with van der Waals surface area (Å²) in [4.78, 5) is 0. The number of hydrogen-bond acceptors (Lipinski definition) is 1. The van der Waals surface area contributed by atoms with E-state index in [4.69, 9.17) is 4.43 Å². The van der Waals surface area contributed by atoms with E-state index in [0.717, 1.165) is 28.0 Å². The first-order valence-electron chi connectivity index (χ1n) is 10.3. The van der Waals surface area contributed by atoms with Gasteiger partial charge in [0, 0.05) is 11.1 Å². The van der Waals surface area contributed by atoms with Gasteiger partial charge in [-0.25, -0.2) is 0 Å². The van der Waals surface area contributed by atoms with Gasteiger partial charge in [-0.2, -0.15) is 0 Å². The Morgan fingerprint density at radius 3 is 2.03 bits per heavy atom. The van der Waals surface area contributed by atoms with Crippen molar-refractivity contribution in [3.05, 3.63) is 71.3 Å². The van der Waals surface area contributed by atoms with Gasteiger partial charge < -0.3 is 4.43 Å². The average molecular weight is 421 g/mol. The van der Waals surface area contributed by atoms with Gasteiger partial charge in [0.15, 0.2) is 0 Å². The first kappa shape index (κ1) is 23.3. The fraction of sp³-hybridized carbons (Fsp3) is 0.385. The summed E-state index contributed by atoms with van der Waals surface area (Å²) in [5, 5.41) is 0.131. The summed E-state index contributed by atoms with van der Waals surface area (Å²) in [5.41, 5.74) is 8.88. The molecule has 0 atom stereocenters. The molecule has 0 radical (unpaired) electrons. The van der Waals surface area contributed by atoms with Crippen LogP contribution in [0.2, 0.25) is 37.8 Å². The Labute approximate surface area is 180 Å². The molecule has 2 aromatic rings. The standard InChI is InChI=1S/C26H36OSi2/c1-20-11-14-23(15-12-20)21(2)24-19-22(17-18-28(6,7)8)13-16-25(24)27-29(9,10)26(3,4)5/h11-16,19H,2H2,1,3-10H3. The van der Waals surface area contributed by atoms with Gasteiger partial charge >= 0.3 is 0 Å². The maximum Gasteiger partial charge on any atom is 0.250 e. The molecule has 0 aliphatic carbocycles. The van der Waals surface area contributed by atoms with Crippen LogP contribution < -0.4 is 4.43 Å². The zero-order valence-electron chi connectivity index (χ0n) is 19.7. The molecule has 0 heterocycles. The van der Waals surface area contributed by atoms with Gasteiger partial charge in [0.25, 0.3) is 8.32 Å². The molecule has 1 nitrogen and oxygen atoms in total. The summed E-state index contributed by atoms with van der Waals surface area (Å²) < 4.78 is 6.70. The van der Waals surface area contributed by atoms with Crippen LogP contribution in [0.25, 0.3) is 5.57 Å². The van der Waals surface area contributed by atoms with Crippen molar-refractivity contribution in [2.75, 3.05) is 0 Å². The Kier molecular flexibility index (Phi) is 6.72. The first-order chi connectivity index (χ1) is 13.2.